The van der Waals surface area contributed by atoms with Crippen LogP contribution in [0.5, 0.6) is 11.5 Å². The molecule has 0 saturated heterocycles. The van der Waals surface area contributed by atoms with Gasteiger partial charge in [0, 0.05) is 21.3 Å². The molecule has 5 nitrogen and oxygen atoms in total. The predicted octanol–water partition coefficient (Wildman–Crippen LogP) is 7.45. The number of nitrogens with one attached hydrogen (secondary N) is 1. The molecule has 34 heavy (non-hydrogen) atoms. The van der Waals surface area contributed by atoms with E-state index in [1.807, 2.05) is 30.3 Å². The first kappa shape index (κ1) is 25.6. The van der Waals surface area contributed by atoms with Crippen molar-refractivity contribution in [1.29, 1.82) is 5.26 Å². The van der Waals surface area contributed by atoms with Crippen LogP contribution < -0.4 is 14.8 Å². The molecule has 0 aliphatic rings. The highest BCUT2D eigenvalue weighted by molar-refractivity contribution is 9.10. The lowest BCUT2D eigenvalue weighted by Crippen LogP contribution is -2.13. The lowest BCUT2D eigenvalue weighted by Gasteiger charge is -2.15. The highest BCUT2D eigenvalue weighted by Gasteiger charge is 2.15. The minimum atomic E-state index is -0.504. The van der Waals surface area contributed by atoms with Crippen LogP contribution >= 0.6 is 39.1 Å². The maximum Gasteiger partial charge on any atom is 0.266 e. The van der Waals surface area contributed by atoms with Gasteiger partial charge in [-0.3, -0.25) is 4.79 Å². The molecule has 3 rings (SSSR count). The van der Waals surface area contributed by atoms with Crippen LogP contribution in [0.3, 0.4) is 0 Å². The van der Waals surface area contributed by atoms with E-state index >= 15 is 0 Å². The standard InChI is InChI=1S/C26H21BrCl2N2O3/c1-3-16-7-9-19(10-8-16)31-26(32)18(14-30)11-17-12-21(27)25(24(13-17)33-2)34-15-20-22(28)5-4-6-23(20)29/h4-13H,3,15H2,1-2H3,(H,31,32)/b18-11-. The number of carbonyl (C=O) groups is 1. The van der Waals surface area contributed by atoms with Gasteiger partial charge in [-0.25, -0.2) is 0 Å². The SMILES string of the molecule is CCc1ccc(NC(=O)/C(C#N)=C\c2cc(Br)c(OCc3c(Cl)cccc3Cl)c(OC)c2)cc1. The van der Waals surface area contributed by atoms with E-state index in [4.69, 9.17) is 32.7 Å². The number of benzene rings is 3. The molecule has 0 saturated carbocycles. The molecule has 0 heterocycles. The first-order valence-electron chi connectivity index (χ1n) is 10.3. The van der Waals surface area contributed by atoms with Gasteiger partial charge in [0.05, 0.1) is 11.6 Å². The molecule has 3 aromatic rings. The van der Waals surface area contributed by atoms with E-state index in [0.29, 0.717) is 42.8 Å². The maximum absolute atomic E-state index is 12.6. The Morgan fingerprint density at radius 1 is 1.15 bits per heavy atom. The third kappa shape index (κ3) is 6.32. The summed E-state index contributed by atoms with van der Waals surface area (Å²) in [7, 11) is 1.50. The van der Waals surface area contributed by atoms with Crippen LogP contribution in [0.15, 0.2) is 64.6 Å². The Morgan fingerprint density at radius 2 is 1.82 bits per heavy atom. The fourth-order valence-electron chi connectivity index (χ4n) is 3.12. The summed E-state index contributed by atoms with van der Waals surface area (Å²) in [4.78, 5) is 12.6. The molecule has 174 valence electrons. The minimum Gasteiger partial charge on any atom is -0.493 e. The van der Waals surface area contributed by atoms with Gasteiger partial charge in [-0.1, -0.05) is 48.3 Å². The Bertz CT molecular complexity index is 1250. The van der Waals surface area contributed by atoms with Crippen molar-refractivity contribution in [3.8, 4) is 17.6 Å². The van der Waals surface area contributed by atoms with E-state index in [1.54, 1.807) is 30.3 Å². The summed E-state index contributed by atoms with van der Waals surface area (Å²) in [6.45, 7) is 2.18. The fourth-order valence-corrected chi connectivity index (χ4v) is 4.20. The Morgan fingerprint density at radius 3 is 2.41 bits per heavy atom. The van der Waals surface area contributed by atoms with Crippen molar-refractivity contribution in [3.63, 3.8) is 0 Å². The van der Waals surface area contributed by atoms with Crippen molar-refractivity contribution in [2.75, 3.05) is 12.4 Å². The summed E-state index contributed by atoms with van der Waals surface area (Å²) in [6.07, 6.45) is 2.39. The molecule has 0 fully saturated rings. The smallest absolute Gasteiger partial charge is 0.266 e. The molecule has 0 unspecified atom stereocenters. The van der Waals surface area contributed by atoms with Gasteiger partial charge >= 0.3 is 0 Å². The second kappa shape index (κ2) is 11.9. The molecular weight excluding hydrogens is 539 g/mol. The highest BCUT2D eigenvalue weighted by Crippen LogP contribution is 2.38. The largest absolute Gasteiger partial charge is 0.493 e. The van der Waals surface area contributed by atoms with Gasteiger partial charge in [-0.2, -0.15) is 5.26 Å². The average molecular weight is 560 g/mol. The number of halogens is 3. The summed E-state index contributed by atoms with van der Waals surface area (Å²) in [6, 6.07) is 18.1. The van der Waals surface area contributed by atoms with E-state index in [2.05, 4.69) is 28.2 Å². The Labute approximate surface area is 217 Å². The second-order valence-electron chi connectivity index (χ2n) is 7.20. The first-order chi connectivity index (χ1) is 16.4. The molecule has 0 aromatic heterocycles. The summed E-state index contributed by atoms with van der Waals surface area (Å²) >= 11 is 15.9. The molecular formula is C26H21BrCl2N2O3. The zero-order valence-electron chi connectivity index (χ0n) is 18.5. The Hall–Kier alpha value is -2.98. The number of rotatable bonds is 8. The Balaban J connectivity index is 1.82. The van der Waals surface area contributed by atoms with E-state index in [-0.39, 0.29) is 12.2 Å². The van der Waals surface area contributed by atoms with Gasteiger partial charge < -0.3 is 14.8 Å². The summed E-state index contributed by atoms with van der Waals surface area (Å²) in [5.41, 5.74) is 2.96. The van der Waals surface area contributed by atoms with Crippen molar-refractivity contribution >= 4 is 56.8 Å². The van der Waals surface area contributed by atoms with E-state index in [9.17, 15) is 10.1 Å². The molecule has 0 atom stereocenters. The number of nitrogens with zero attached hydrogens (tertiary/aromatic N) is 1. The predicted molar refractivity (Wildman–Crippen MR) is 140 cm³/mol. The van der Waals surface area contributed by atoms with E-state index in [1.165, 1.54) is 13.2 Å². The van der Waals surface area contributed by atoms with Gasteiger partial charge in [0.15, 0.2) is 11.5 Å². The number of hydrogen-bond acceptors (Lipinski definition) is 4. The summed E-state index contributed by atoms with van der Waals surface area (Å²) in [5.74, 6) is 0.349. The molecule has 1 N–H and O–H groups in total. The van der Waals surface area contributed by atoms with Gasteiger partial charge in [0.2, 0.25) is 0 Å². The number of carbonyl (C=O) groups excluding carboxylic acids is 1. The third-order valence-corrected chi connectivity index (χ3v) is 6.27. The zero-order chi connectivity index (χ0) is 24.7. The summed E-state index contributed by atoms with van der Waals surface area (Å²) in [5, 5.41) is 13.3. The number of ether oxygens (including phenoxy) is 2. The van der Waals surface area contributed by atoms with Crippen LogP contribution in [-0.2, 0) is 17.8 Å². The van der Waals surface area contributed by atoms with Gasteiger partial charge in [0.25, 0.3) is 5.91 Å². The van der Waals surface area contributed by atoms with Crippen LogP contribution in [0.4, 0.5) is 5.69 Å². The van der Waals surface area contributed by atoms with Crippen LogP contribution in [0, 0.1) is 11.3 Å². The van der Waals surface area contributed by atoms with Crippen molar-refractivity contribution < 1.29 is 14.3 Å². The van der Waals surface area contributed by atoms with Gasteiger partial charge in [0.1, 0.15) is 18.2 Å². The van der Waals surface area contributed by atoms with Crippen LogP contribution in [0.1, 0.15) is 23.6 Å². The molecule has 0 spiro atoms. The molecule has 0 aliphatic carbocycles. The molecule has 0 aliphatic heterocycles. The normalized spacial score (nSPS) is 11.0. The molecule has 8 heteroatoms. The monoisotopic (exact) mass is 558 g/mol. The second-order valence-corrected chi connectivity index (χ2v) is 8.87. The number of amides is 1. The lowest BCUT2D eigenvalue weighted by molar-refractivity contribution is -0.112. The minimum absolute atomic E-state index is 0.0509. The summed E-state index contributed by atoms with van der Waals surface area (Å²) < 4.78 is 12.0. The maximum atomic E-state index is 12.6. The van der Waals surface area contributed by atoms with Crippen LogP contribution in [-0.4, -0.2) is 13.0 Å². The molecule has 3 aromatic carbocycles. The van der Waals surface area contributed by atoms with E-state index < -0.39 is 5.91 Å². The fraction of sp³-hybridized carbons (Fsp3) is 0.154. The molecule has 0 bridgehead atoms. The van der Waals surface area contributed by atoms with Gasteiger partial charge in [-0.05, 0) is 76.0 Å². The number of hydrogen-bond donors (Lipinski definition) is 1. The number of nitriles is 1. The third-order valence-electron chi connectivity index (χ3n) is 4.97. The number of anilines is 1. The number of methoxy groups -OCH3 is 1. The molecule has 1 amide bonds. The Kier molecular flexibility index (Phi) is 9.00. The number of aryl methyl sites for hydroxylation is 1. The van der Waals surface area contributed by atoms with Crippen molar-refractivity contribution in [3.05, 3.63) is 91.4 Å². The zero-order valence-corrected chi connectivity index (χ0v) is 21.6. The van der Waals surface area contributed by atoms with Crippen molar-refractivity contribution in [2.24, 2.45) is 0 Å². The average Bonchev–Trinajstić information content (AvgIpc) is 2.83. The van der Waals surface area contributed by atoms with Crippen LogP contribution in [0.2, 0.25) is 10.0 Å². The quantitative estimate of drug-likeness (QED) is 0.230. The van der Waals surface area contributed by atoms with Crippen molar-refractivity contribution in [2.45, 2.75) is 20.0 Å². The van der Waals surface area contributed by atoms with Crippen LogP contribution in [0.25, 0.3) is 6.08 Å². The topological polar surface area (TPSA) is 71.4 Å². The first-order valence-corrected chi connectivity index (χ1v) is 11.9. The van der Waals surface area contributed by atoms with E-state index in [0.717, 1.165) is 12.0 Å². The van der Waals surface area contributed by atoms with Crippen molar-refractivity contribution in [1.82, 2.24) is 0 Å². The molecule has 0 radical (unpaired) electrons. The lowest BCUT2D eigenvalue weighted by atomic mass is 10.1. The van der Waals surface area contributed by atoms with Gasteiger partial charge in [-0.15, -0.1) is 0 Å². The highest BCUT2D eigenvalue weighted by atomic mass is 79.9.